The maximum Gasteiger partial charge on any atom is 0.150 e. The van der Waals surface area contributed by atoms with Gasteiger partial charge < -0.3 is 0 Å². The van der Waals surface area contributed by atoms with Crippen molar-refractivity contribution in [3.8, 4) is 28.2 Å². The van der Waals surface area contributed by atoms with Gasteiger partial charge in [0.05, 0.1) is 11.4 Å². The van der Waals surface area contributed by atoms with E-state index < -0.39 is 0 Å². The first-order chi connectivity index (χ1) is 12.4. The quantitative estimate of drug-likeness (QED) is 0.494. The van der Waals surface area contributed by atoms with Crippen molar-refractivity contribution < 1.29 is 4.79 Å². The Balaban J connectivity index is 1.93. The Labute approximate surface area is 146 Å². The van der Waals surface area contributed by atoms with Crippen molar-refractivity contribution in [3.63, 3.8) is 0 Å². The highest BCUT2D eigenvalue weighted by Gasteiger charge is 2.15. The first-order valence-corrected chi connectivity index (χ1v) is 8.10. The summed E-state index contributed by atoms with van der Waals surface area (Å²) in [6.45, 7) is 0. The van der Waals surface area contributed by atoms with E-state index in [2.05, 4.69) is 33.8 Å². The Bertz CT molecular complexity index is 987. The molecular formula is C22H16N2O. The predicted molar refractivity (Wildman–Crippen MR) is 99.8 cm³/mol. The summed E-state index contributed by atoms with van der Waals surface area (Å²) in [6.07, 6.45) is 2.69. The van der Waals surface area contributed by atoms with Crippen molar-refractivity contribution in [2.45, 2.75) is 0 Å². The summed E-state index contributed by atoms with van der Waals surface area (Å²) < 4.78 is 2.06. The molecule has 4 rings (SSSR count). The van der Waals surface area contributed by atoms with Crippen LogP contribution in [0, 0.1) is 0 Å². The summed E-state index contributed by atoms with van der Waals surface area (Å²) in [5.41, 5.74) is 5.77. The zero-order chi connectivity index (χ0) is 17.1. The number of aldehydes is 1. The minimum atomic E-state index is 0.661. The number of hydrogen-bond donors (Lipinski definition) is 0. The van der Waals surface area contributed by atoms with Gasteiger partial charge in [0.1, 0.15) is 12.6 Å². The largest absolute Gasteiger partial charge is 0.298 e. The summed E-state index contributed by atoms with van der Waals surface area (Å²) in [5.74, 6) is 0. The van der Waals surface area contributed by atoms with E-state index in [1.807, 2.05) is 67.0 Å². The van der Waals surface area contributed by atoms with Crippen LogP contribution in [-0.2, 0) is 0 Å². The minimum absolute atomic E-state index is 0.661. The third kappa shape index (κ3) is 2.88. The van der Waals surface area contributed by atoms with Gasteiger partial charge in [-0.05, 0) is 24.3 Å². The molecule has 120 valence electrons. The second kappa shape index (κ2) is 6.57. The number of benzene rings is 3. The Hall–Kier alpha value is -3.46. The molecule has 0 saturated carbocycles. The number of carbonyl (C=O) groups excluding carboxylic acids is 1. The van der Waals surface area contributed by atoms with Crippen molar-refractivity contribution in [1.82, 2.24) is 9.55 Å². The molecule has 0 fully saturated rings. The van der Waals surface area contributed by atoms with Crippen LogP contribution in [0.25, 0.3) is 28.2 Å². The Morgan fingerprint density at radius 1 is 0.720 bits per heavy atom. The van der Waals surface area contributed by atoms with Gasteiger partial charge in [0.25, 0.3) is 0 Å². The summed E-state index contributed by atoms with van der Waals surface area (Å²) in [4.78, 5) is 15.6. The number of rotatable bonds is 4. The maximum atomic E-state index is 10.9. The fraction of sp³-hybridized carbons (Fsp3) is 0. The lowest BCUT2D eigenvalue weighted by molar-refractivity contribution is 0.112. The van der Waals surface area contributed by atoms with Gasteiger partial charge in [-0.1, -0.05) is 60.7 Å². The van der Waals surface area contributed by atoms with Gasteiger partial charge in [0, 0.05) is 22.4 Å². The third-order valence-corrected chi connectivity index (χ3v) is 4.17. The monoisotopic (exact) mass is 324 g/mol. The van der Waals surface area contributed by atoms with Crippen LogP contribution >= 0.6 is 0 Å². The molecule has 0 aliphatic rings. The molecule has 0 amide bonds. The smallest absolute Gasteiger partial charge is 0.150 e. The van der Waals surface area contributed by atoms with Gasteiger partial charge in [-0.25, -0.2) is 4.98 Å². The first kappa shape index (κ1) is 15.1. The van der Waals surface area contributed by atoms with Crippen LogP contribution in [0.2, 0.25) is 0 Å². The zero-order valence-electron chi connectivity index (χ0n) is 13.5. The number of imidazole rings is 1. The molecule has 0 aliphatic carbocycles. The van der Waals surface area contributed by atoms with E-state index in [-0.39, 0.29) is 0 Å². The van der Waals surface area contributed by atoms with Gasteiger partial charge in [-0.15, -0.1) is 0 Å². The summed E-state index contributed by atoms with van der Waals surface area (Å²) >= 11 is 0. The molecule has 0 unspecified atom stereocenters. The molecule has 0 atom stereocenters. The van der Waals surface area contributed by atoms with Crippen LogP contribution in [-0.4, -0.2) is 15.8 Å². The lowest BCUT2D eigenvalue weighted by Crippen LogP contribution is -1.96. The average molecular weight is 324 g/mol. The van der Waals surface area contributed by atoms with E-state index in [9.17, 15) is 4.79 Å². The molecule has 0 bridgehead atoms. The van der Waals surface area contributed by atoms with Crippen LogP contribution in [0.4, 0.5) is 0 Å². The van der Waals surface area contributed by atoms with Gasteiger partial charge in [0.15, 0.2) is 0 Å². The van der Waals surface area contributed by atoms with Crippen LogP contribution in [0.15, 0.2) is 91.3 Å². The molecule has 0 N–H and O–H groups in total. The number of carbonyl (C=O) groups is 1. The molecule has 1 aromatic heterocycles. The van der Waals surface area contributed by atoms with Gasteiger partial charge >= 0.3 is 0 Å². The third-order valence-electron chi connectivity index (χ3n) is 4.17. The highest BCUT2D eigenvalue weighted by atomic mass is 16.1. The lowest BCUT2D eigenvalue weighted by atomic mass is 10.0. The Morgan fingerprint density at radius 3 is 1.92 bits per heavy atom. The van der Waals surface area contributed by atoms with E-state index in [1.54, 1.807) is 0 Å². The zero-order valence-corrected chi connectivity index (χ0v) is 13.5. The Kier molecular flexibility index (Phi) is 3.97. The second-order valence-corrected chi connectivity index (χ2v) is 5.75. The normalized spacial score (nSPS) is 10.6. The molecule has 0 saturated heterocycles. The fourth-order valence-corrected chi connectivity index (χ4v) is 2.94. The number of nitrogens with zero attached hydrogens (tertiary/aromatic N) is 2. The predicted octanol–water partition coefficient (Wildman–Crippen LogP) is 5.02. The first-order valence-electron chi connectivity index (χ1n) is 8.10. The molecule has 3 nitrogen and oxygen atoms in total. The van der Waals surface area contributed by atoms with Crippen molar-refractivity contribution in [1.29, 1.82) is 0 Å². The van der Waals surface area contributed by atoms with Crippen molar-refractivity contribution in [3.05, 3.63) is 96.8 Å². The molecule has 3 heteroatoms. The number of aromatic nitrogens is 2. The van der Waals surface area contributed by atoms with Crippen LogP contribution in [0.3, 0.4) is 0 Å². The molecule has 3 aromatic carbocycles. The minimum Gasteiger partial charge on any atom is -0.298 e. The van der Waals surface area contributed by atoms with E-state index in [0.29, 0.717) is 5.56 Å². The fourth-order valence-electron chi connectivity index (χ4n) is 2.94. The molecule has 0 radical (unpaired) electrons. The molecular weight excluding hydrogens is 308 g/mol. The van der Waals surface area contributed by atoms with Crippen molar-refractivity contribution in [2.24, 2.45) is 0 Å². The van der Waals surface area contributed by atoms with Gasteiger partial charge in [0.2, 0.25) is 0 Å². The molecule has 4 aromatic rings. The number of hydrogen-bond acceptors (Lipinski definition) is 2. The van der Waals surface area contributed by atoms with E-state index in [1.165, 1.54) is 0 Å². The molecule has 0 spiro atoms. The standard InChI is InChI=1S/C22H16N2O/c25-15-17-11-13-20(14-12-17)24-16-23-21(18-7-3-1-4-8-18)22(24)19-9-5-2-6-10-19/h1-16H. The van der Waals surface area contributed by atoms with Crippen LogP contribution in [0.1, 0.15) is 10.4 Å². The average Bonchev–Trinajstić information content (AvgIpc) is 3.14. The highest BCUT2D eigenvalue weighted by Crippen LogP contribution is 2.33. The summed E-state index contributed by atoms with van der Waals surface area (Å²) in [5, 5.41) is 0. The summed E-state index contributed by atoms with van der Waals surface area (Å²) in [7, 11) is 0. The van der Waals surface area contributed by atoms with Crippen molar-refractivity contribution in [2.75, 3.05) is 0 Å². The second-order valence-electron chi connectivity index (χ2n) is 5.75. The SMILES string of the molecule is O=Cc1ccc(-n2cnc(-c3ccccc3)c2-c2ccccc2)cc1. The van der Waals surface area contributed by atoms with Crippen LogP contribution < -0.4 is 0 Å². The summed E-state index contributed by atoms with van der Waals surface area (Å²) in [6, 6.07) is 27.9. The lowest BCUT2D eigenvalue weighted by Gasteiger charge is -2.11. The van der Waals surface area contributed by atoms with E-state index in [4.69, 9.17) is 0 Å². The van der Waals surface area contributed by atoms with Gasteiger partial charge in [-0.2, -0.15) is 0 Å². The van der Waals surface area contributed by atoms with Gasteiger partial charge in [-0.3, -0.25) is 9.36 Å². The van der Waals surface area contributed by atoms with E-state index >= 15 is 0 Å². The molecule has 0 aliphatic heterocycles. The molecule has 1 heterocycles. The van der Waals surface area contributed by atoms with E-state index in [0.717, 1.165) is 34.5 Å². The highest BCUT2D eigenvalue weighted by molar-refractivity contribution is 5.80. The Morgan fingerprint density at radius 2 is 1.32 bits per heavy atom. The molecule has 25 heavy (non-hydrogen) atoms. The van der Waals surface area contributed by atoms with Crippen LogP contribution in [0.5, 0.6) is 0 Å². The maximum absolute atomic E-state index is 10.9. The topological polar surface area (TPSA) is 34.9 Å². The van der Waals surface area contributed by atoms with Crippen molar-refractivity contribution >= 4 is 6.29 Å².